The van der Waals surface area contributed by atoms with Crippen molar-refractivity contribution >= 4 is 17.6 Å². The van der Waals surface area contributed by atoms with Gasteiger partial charge in [-0.3, -0.25) is 15.1 Å². The lowest BCUT2D eigenvalue weighted by Gasteiger charge is -2.11. The summed E-state index contributed by atoms with van der Waals surface area (Å²) in [5.41, 5.74) is 0.719. The number of anilines is 1. The average Bonchev–Trinajstić information content (AvgIpc) is 2.69. The molecule has 3 amide bonds. The summed E-state index contributed by atoms with van der Waals surface area (Å²) in [5, 5.41) is 14.7. The Bertz CT molecular complexity index is 1100. The fourth-order valence-corrected chi connectivity index (χ4v) is 2.68. The molecule has 3 N–H and O–H groups in total. The molecule has 0 aliphatic carbocycles. The maximum atomic E-state index is 12.6. The van der Waals surface area contributed by atoms with Gasteiger partial charge in [0.2, 0.25) is 0 Å². The molecule has 30 heavy (non-hydrogen) atoms. The van der Waals surface area contributed by atoms with E-state index in [-0.39, 0.29) is 17.1 Å². The van der Waals surface area contributed by atoms with Gasteiger partial charge in [-0.2, -0.15) is 13.2 Å². The van der Waals surface area contributed by atoms with E-state index in [4.69, 9.17) is 0 Å². The second-order valence-electron chi connectivity index (χ2n) is 6.38. The predicted molar refractivity (Wildman–Crippen MR) is 104 cm³/mol. The monoisotopic (exact) mass is 415 g/mol. The van der Waals surface area contributed by atoms with Gasteiger partial charge < -0.3 is 10.4 Å². The molecule has 0 fully saturated rings. The van der Waals surface area contributed by atoms with E-state index in [2.05, 4.69) is 15.6 Å². The van der Waals surface area contributed by atoms with E-state index in [9.17, 15) is 27.9 Å². The molecule has 0 spiro atoms. The van der Waals surface area contributed by atoms with Gasteiger partial charge in [0.05, 0.1) is 16.9 Å². The van der Waals surface area contributed by atoms with E-state index in [0.29, 0.717) is 22.9 Å². The highest BCUT2D eigenvalue weighted by Gasteiger charge is 2.30. The van der Waals surface area contributed by atoms with Gasteiger partial charge in [-0.1, -0.05) is 24.3 Å². The Morgan fingerprint density at radius 2 is 1.77 bits per heavy atom. The number of halogens is 3. The normalized spacial score (nSPS) is 11.1. The zero-order valence-electron chi connectivity index (χ0n) is 15.6. The number of hydrogen-bond acceptors (Lipinski definition) is 4. The van der Waals surface area contributed by atoms with Gasteiger partial charge in [0, 0.05) is 17.3 Å². The molecule has 0 atom stereocenters. The van der Waals surface area contributed by atoms with Crippen LogP contribution in [-0.2, 0) is 6.18 Å². The molecule has 3 aromatic rings. The van der Waals surface area contributed by atoms with Crippen LogP contribution in [0.2, 0.25) is 0 Å². The number of benzene rings is 2. The zero-order chi connectivity index (χ0) is 21.9. The van der Waals surface area contributed by atoms with Gasteiger partial charge >= 0.3 is 12.2 Å². The predicted octanol–water partition coefficient (Wildman–Crippen LogP) is 4.74. The average molecular weight is 415 g/mol. The van der Waals surface area contributed by atoms with E-state index < -0.39 is 23.7 Å². The second-order valence-corrected chi connectivity index (χ2v) is 6.38. The van der Waals surface area contributed by atoms with Crippen LogP contribution in [0.5, 0.6) is 5.75 Å². The van der Waals surface area contributed by atoms with Crippen molar-refractivity contribution in [1.29, 1.82) is 0 Å². The number of pyridine rings is 1. The highest BCUT2D eigenvalue weighted by molar-refractivity contribution is 6.08. The van der Waals surface area contributed by atoms with Crippen LogP contribution in [0.4, 0.5) is 23.7 Å². The summed E-state index contributed by atoms with van der Waals surface area (Å²) in [5.74, 6) is -0.941. The van der Waals surface area contributed by atoms with Crippen LogP contribution in [-0.4, -0.2) is 22.0 Å². The van der Waals surface area contributed by atoms with Crippen LogP contribution in [0.3, 0.4) is 0 Å². The first-order valence-corrected chi connectivity index (χ1v) is 8.70. The Labute approximate surface area is 169 Å². The van der Waals surface area contributed by atoms with Gasteiger partial charge in [0.15, 0.2) is 0 Å². The third kappa shape index (κ3) is 4.75. The van der Waals surface area contributed by atoms with Crippen molar-refractivity contribution < 1.29 is 27.9 Å². The van der Waals surface area contributed by atoms with Crippen LogP contribution in [0.1, 0.15) is 21.5 Å². The largest absolute Gasteiger partial charge is 0.506 e. The molecule has 2 aromatic carbocycles. The number of phenolic OH excluding ortho intramolecular Hbond substituents is 1. The number of carbonyl (C=O) groups excluding carboxylic acids is 2. The lowest BCUT2D eigenvalue weighted by molar-refractivity contribution is -0.137. The van der Waals surface area contributed by atoms with Crippen LogP contribution >= 0.6 is 0 Å². The van der Waals surface area contributed by atoms with E-state index in [0.717, 1.165) is 6.07 Å². The van der Waals surface area contributed by atoms with Crippen molar-refractivity contribution in [2.45, 2.75) is 13.1 Å². The summed E-state index contributed by atoms with van der Waals surface area (Å²) in [6.45, 7) is 1.73. The molecule has 0 saturated carbocycles. The lowest BCUT2D eigenvalue weighted by Crippen LogP contribution is -2.34. The maximum Gasteiger partial charge on any atom is 0.417 e. The van der Waals surface area contributed by atoms with Gasteiger partial charge in [-0.05, 0) is 42.8 Å². The van der Waals surface area contributed by atoms with E-state index >= 15 is 0 Å². The molecule has 6 nitrogen and oxygen atoms in total. The zero-order valence-corrected chi connectivity index (χ0v) is 15.6. The number of urea groups is 1. The molecule has 1 aromatic heterocycles. The smallest absolute Gasteiger partial charge is 0.417 e. The van der Waals surface area contributed by atoms with Gasteiger partial charge in [-0.15, -0.1) is 0 Å². The molecule has 3 rings (SSSR count). The Balaban J connectivity index is 1.70. The van der Waals surface area contributed by atoms with Crippen LogP contribution in [0, 0.1) is 6.92 Å². The number of imide groups is 1. The Kier molecular flexibility index (Phi) is 5.72. The number of nitrogens with one attached hydrogen (secondary N) is 2. The van der Waals surface area contributed by atoms with Gasteiger partial charge in [-0.25, -0.2) is 4.79 Å². The summed E-state index contributed by atoms with van der Waals surface area (Å²) >= 11 is 0. The fourth-order valence-electron chi connectivity index (χ4n) is 2.68. The van der Waals surface area contributed by atoms with Crippen molar-refractivity contribution in [3.05, 3.63) is 77.5 Å². The van der Waals surface area contributed by atoms with Crippen molar-refractivity contribution in [2.75, 3.05) is 5.32 Å². The van der Waals surface area contributed by atoms with E-state index in [1.807, 2.05) is 0 Å². The fraction of sp³-hybridized carbons (Fsp3) is 0.0952. The molecular weight excluding hydrogens is 399 g/mol. The van der Waals surface area contributed by atoms with Gasteiger partial charge in [0.1, 0.15) is 5.75 Å². The summed E-state index contributed by atoms with van der Waals surface area (Å²) in [7, 11) is 0. The molecule has 0 radical (unpaired) electrons. The van der Waals surface area contributed by atoms with Crippen LogP contribution in [0.25, 0.3) is 11.3 Å². The van der Waals surface area contributed by atoms with Crippen LogP contribution < -0.4 is 10.6 Å². The number of nitrogens with zero attached hydrogens (tertiary/aromatic N) is 1. The molecule has 0 unspecified atom stereocenters. The SMILES string of the molecule is Cc1ccccc1C(=O)NC(=O)Nc1ccc(-c2ccc(C(F)(F)F)cn2)cc1O. The highest BCUT2D eigenvalue weighted by Crippen LogP contribution is 2.32. The van der Waals surface area contributed by atoms with E-state index in [1.54, 1.807) is 31.2 Å². The topological polar surface area (TPSA) is 91.3 Å². The first kappa shape index (κ1) is 20.8. The molecule has 0 saturated heterocycles. The number of phenols is 1. The van der Waals surface area contributed by atoms with Crippen molar-refractivity contribution in [1.82, 2.24) is 10.3 Å². The molecule has 9 heteroatoms. The van der Waals surface area contributed by atoms with Crippen molar-refractivity contribution in [2.24, 2.45) is 0 Å². The minimum absolute atomic E-state index is 0.0146. The van der Waals surface area contributed by atoms with Crippen molar-refractivity contribution in [3.63, 3.8) is 0 Å². The summed E-state index contributed by atoms with van der Waals surface area (Å²) in [6.07, 6.45) is -3.80. The molecule has 0 aliphatic rings. The third-order valence-electron chi connectivity index (χ3n) is 4.25. The standard InChI is InChI=1S/C21H16F3N3O3/c1-12-4-2-3-5-15(12)19(29)27-20(30)26-17-8-6-13(10-18(17)28)16-9-7-14(11-25-16)21(22,23)24/h2-11,28H,1H3,(H2,26,27,29,30). The minimum Gasteiger partial charge on any atom is -0.506 e. The number of rotatable bonds is 3. The van der Waals surface area contributed by atoms with Crippen molar-refractivity contribution in [3.8, 4) is 17.0 Å². The summed E-state index contributed by atoms with van der Waals surface area (Å²) < 4.78 is 37.9. The number of carbonyl (C=O) groups is 2. The van der Waals surface area contributed by atoms with Gasteiger partial charge in [0.25, 0.3) is 5.91 Å². The second kappa shape index (κ2) is 8.24. The first-order chi connectivity index (χ1) is 14.1. The third-order valence-corrected chi connectivity index (χ3v) is 4.25. The Morgan fingerprint density at radius 1 is 1.03 bits per heavy atom. The molecule has 1 heterocycles. The Morgan fingerprint density at radius 3 is 2.37 bits per heavy atom. The number of alkyl halides is 3. The molecule has 0 bridgehead atoms. The quantitative estimate of drug-likeness (QED) is 0.539. The number of hydrogen-bond donors (Lipinski definition) is 3. The van der Waals surface area contributed by atoms with E-state index in [1.165, 1.54) is 24.3 Å². The Hall–Kier alpha value is -3.88. The molecular formula is C21H16F3N3O3. The number of amides is 3. The number of aromatic nitrogens is 1. The highest BCUT2D eigenvalue weighted by atomic mass is 19.4. The molecule has 0 aliphatic heterocycles. The first-order valence-electron chi connectivity index (χ1n) is 8.70. The summed E-state index contributed by atoms with van der Waals surface area (Å²) in [6, 6.07) is 12.0. The number of aryl methyl sites for hydroxylation is 1. The summed E-state index contributed by atoms with van der Waals surface area (Å²) in [4.78, 5) is 28.0. The van der Waals surface area contributed by atoms with Crippen LogP contribution in [0.15, 0.2) is 60.8 Å². The minimum atomic E-state index is -4.50. The maximum absolute atomic E-state index is 12.6. The molecule has 154 valence electrons. The number of aromatic hydroxyl groups is 1. The lowest BCUT2D eigenvalue weighted by atomic mass is 10.1.